The second kappa shape index (κ2) is 3.87. The first-order valence-electron chi connectivity index (χ1n) is 5.42. The molecule has 1 nitrogen and oxygen atoms in total. The Bertz CT molecular complexity index is 151. The zero-order chi connectivity index (χ0) is 10.9. The fourth-order valence-electron chi connectivity index (χ4n) is 2.12. The molecule has 0 fully saturated rings. The average Bonchev–Trinajstić information content (AvgIpc) is 1.82. The van der Waals surface area contributed by atoms with Gasteiger partial charge in [0.2, 0.25) is 0 Å². The van der Waals surface area contributed by atoms with Crippen LogP contribution in [-0.2, 0) is 0 Å². The van der Waals surface area contributed by atoms with Gasteiger partial charge in [-0.1, -0.05) is 6.92 Å². The first-order chi connectivity index (χ1) is 5.56. The largest absolute Gasteiger partial charge is 0.448 e. The van der Waals surface area contributed by atoms with E-state index in [0.29, 0.717) is 0 Å². The Morgan fingerprint density at radius 1 is 0.846 bits per heavy atom. The highest BCUT2D eigenvalue weighted by Gasteiger charge is 2.48. The van der Waals surface area contributed by atoms with Gasteiger partial charge in [0.1, 0.15) is 0 Å². The summed E-state index contributed by atoms with van der Waals surface area (Å²) in [5.74, 6) is 0. The molecular weight excluding hydrogens is 190 g/mol. The van der Waals surface area contributed by atoms with Crippen LogP contribution in [0, 0.1) is 0 Å². The van der Waals surface area contributed by atoms with E-state index in [4.69, 9.17) is 0 Å². The van der Waals surface area contributed by atoms with Gasteiger partial charge < -0.3 is 3.81 Å². The van der Waals surface area contributed by atoms with E-state index >= 15 is 0 Å². The number of rotatable bonds is 4. The van der Waals surface area contributed by atoms with Crippen LogP contribution in [0.25, 0.3) is 0 Å². The van der Waals surface area contributed by atoms with E-state index in [1.54, 1.807) is 0 Å². The quantitative estimate of drug-likeness (QED) is 0.634. The minimum atomic E-state index is -1.07. The van der Waals surface area contributed by atoms with E-state index in [9.17, 15) is 0 Å². The molecule has 0 rings (SSSR count). The molecule has 0 unspecified atom stereocenters. The van der Waals surface area contributed by atoms with Crippen LogP contribution in [0.4, 0.5) is 0 Å². The van der Waals surface area contributed by atoms with Crippen LogP contribution in [0.3, 0.4) is 0 Å². The molecule has 0 spiro atoms. The summed E-state index contributed by atoms with van der Waals surface area (Å²) in [4.78, 5) is 0. The average molecular weight is 219 g/mol. The zero-order valence-corrected chi connectivity index (χ0v) is 12.9. The third-order valence-electron chi connectivity index (χ3n) is 3.63. The Hall–Kier alpha value is 0.394. The molecule has 0 saturated carbocycles. The molecule has 0 aromatic carbocycles. The molecule has 13 heavy (non-hydrogen) atoms. The Morgan fingerprint density at radius 2 is 1.15 bits per heavy atom. The molecule has 0 atom stereocenters. The topological polar surface area (TPSA) is 0 Å². The Labute approximate surface area is 86.9 Å². The predicted molar refractivity (Wildman–Crippen MR) is 68.0 cm³/mol. The van der Waals surface area contributed by atoms with Crippen LogP contribution in [0.1, 0.15) is 13.3 Å². The molecule has 0 heterocycles. The molecular formula is C10H28NSi2+. The smallest absolute Gasteiger partial charge is 0.259 e. The molecule has 0 aliphatic heterocycles. The molecule has 0 N–H and O–H groups in total. The maximum absolute atomic E-state index is 2.51. The van der Waals surface area contributed by atoms with E-state index in [1.165, 1.54) is 16.8 Å². The second-order valence-electron chi connectivity index (χ2n) is 6.26. The van der Waals surface area contributed by atoms with E-state index in [0.717, 1.165) is 0 Å². The lowest BCUT2D eigenvalue weighted by Gasteiger charge is -2.54. The zero-order valence-electron chi connectivity index (χ0n) is 10.9. The standard InChI is InChI=1S/C10H28NSi2/c1-9-10-11(2,12(3,4)5)13(6,7)8/h9-10H2,1-8H3/q+1. The maximum Gasteiger partial charge on any atom is 0.259 e. The van der Waals surface area contributed by atoms with E-state index in [-0.39, 0.29) is 0 Å². The van der Waals surface area contributed by atoms with Crippen molar-refractivity contribution in [2.45, 2.75) is 52.6 Å². The molecule has 0 amide bonds. The van der Waals surface area contributed by atoms with Gasteiger partial charge in [0.25, 0.3) is 16.5 Å². The normalized spacial score (nSPS) is 14.8. The van der Waals surface area contributed by atoms with Crippen LogP contribution in [0.15, 0.2) is 0 Å². The second-order valence-corrected chi connectivity index (χ2v) is 17.4. The number of nitrogens with zero attached hydrogens (tertiary/aromatic N) is 1. The molecule has 80 valence electrons. The fraction of sp³-hybridized carbons (Fsp3) is 1.00. The monoisotopic (exact) mass is 218 g/mol. The van der Waals surface area contributed by atoms with Crippen LogP contribution in [0.2, 0.25) is 39.3 Å². The van der Waals surface area contributed by atoms with Crippen molar-refractivity contribution >= 4 is 16.5 Å². The van der Waals surface area contributed by atoms with E-state index < -0.39 is 16.5 Å². The van der Waals surface area contributed by atoms with Crippen molar-refractivity contribution < 1.29 is 3.81 Å². The third kappa shape index (κ3) is 2.67. The van der Waals surface area contributed by atoms with Crippen molar-refractivity contribution in [3.63, 3.8) is 0 Å². The summed E-state index contributed by atoms with van der Waals surface area (Å²) in [6.45, 7) is 18.8. The van der Waals surface area contributed by atoms with Gasteiger partial charge in [-0.25, -0.2) is 0 Å². The van der Waals surface area contributed by atoms with Crippen molar-refractivity contribution in [3.8, 4) is 0 Å². The van der Waals surface area contributed by atoms with Crippen molar-refractivity contribution in [2.24, 2.45) is 0 Å². The van der Waals surface area contributed by atoms with Gasteiger partial charge in [0, 0.05) is 13.6 Å². The molecule has 0 radical (unpaired) electrons. The first kappa shape index (κ1) is 13.4. The fourth-order valence-corrected chi connectivity index (χ4v) is 12.0. The number of quaternary nitrogens is 1. The van der Waals surface area contributed by atoms with Gasteiger partial charge in [-0.3, -0.25) is 0 Å². The van der Waals surface area contributed by atoms with E-state index in [1.807, 2.05) is 0 Å². The summed E-state index contributed by atoms with van der Waals surface area (Å²) in [6.07, 6.45) is 1.32. The lowest BCUT2D eigenvalue weighted by molar-refractivity contribution is -0.707. The van der Waals surface area contributed by atoms with Gasteiger partial charge >= 0.3 is 0 Å². The van der Waals surface area contributed by atoms with Crippen molar-refractivity contribution in [3.05, 3.63) is 0 Å². The van der Waals surface area contributed by atoms with Crippen molar-refractivity contribution in [1.82, 2.24) is 0 Å². The molecule has 0 bridgehead atoms. The summed E-state index contributed by atoms with van der Waals surface area (Å²) in [5.41, 5.74) is 0. The van der Waals surface area contributed by atoms with E-state index in [2.05, 4.69) is 53.3 Å². The summed E-state index contributed by atoms with van der Waals surface area (Å²) in [6, 6.07) is 0. The Morgan fingerprint density at radius 3 is 1.23 bits per heavy atom. The Kier molecular flexibility index (Phi) is 3.99. The minimum Gasteiger partial charge on any atom is -0.448 e. The highest BCUT2D eigenvalue weighted by Crippen LogP contribution is 2.28. The highest BCUT2D eigenvalue weighted by molar-refractivity contribution is 6.82. The molecule has 3 heteroatoms. The summed E-state index contributed by atoms with van der Waals surface area (Å²) in [7, 11) is 0.366. The van der Waals surface area contributed by atoms with Gasteiger partial charge in [0.05, 0.1) is 0 Å². The summed E-state index contributed by atoms with van der Waals surface area (Å²) in [5, 5.41) is 0. The van der Waals surface area contributed by atoms with Crippen LogP contribution >= 0.6 is 0 Å². The maximum atomic E-state index is 2.51. The molecule has 0 aromatic rings. The van der Waals surface area contributed by atoms with Crippen molar-refractivity contribution in [2.75, 3.05) is 13.6 Å². The molecule has 0 aliphatic carbocycles. The predicted octanol–water partition coefficient (Wildman–Crippen LogP) is 3.51. The molecule has 0 saturated heterocycles. The molecule has 0 aromatic heterocycles. The lowest BCUT2D eigenvalue weighted by atomic mass is 10.5. The van der Waals surface area contributed by atoms with Gasteiger partial charge in [-0.2, -0.15) is 0 Å². The van der Waals surface area contributed by atoms with Crippen LogP contribution in [0.5, 0.6) is 0 Å². The van der Waals surface area contributed by atoms with Crippen LogP contribution in [-0.4, -0.2) is 33.9 Å². The van der Waals surface area contributed by atoms with Crippen LogP contribution < -0.4 is 0 Å². The van der Waals surface area contributed by atoms with Gasteiger partial charge in [0.15, 0.2) is 0 Å². The number of hydrogen-bond donors (Lipinski definition) is 0. The lowest BCUT2D eigenvalue weighted by Crippen LogP contribution is -2.72. The third-order valence-corrected chi connectivity index (χ3v) is 14.0. The number of hydrogen-bond acceptors (Lipinski definition) is 0. The summed E-state index contributed by atoms with van der Waals surface area (Å²) < 4.78 is 1.41. The van der Waals surface area contributed by atoms with Crippen molar-refractivity contribution in [1.29, 1.82) is 0 Å². The minimum absolute atomic E-state index is 1.07. The Balaban J connectivity index is 4.96. The first-order valence-corrected chi connectivity index (χ1v) is 12.3. The summed E-state index contributed by atoms with van der Waals surface area (Å²) >= 11 is 0. The SMILES string of the molecule is CCC[N+](C)([Si](C)(C)C)[Si](C)(C)C. The highest BCUT2D eigenvalue weighted by atomic mass is 28.4. The molecule has 0 aliphatic rings. The van der Waals surface area contributed by atoms with Gasteiger partial charge in [-0.05, 0) is 45.7 Å². The van der Waals surface area contributed by atoms with Gasteiger partial charge in [-0.15, -0.1) is 0 Å².